The van der Waals surface area contributed by atoms with Crippen LogP contribution in [0.2, 0.25) is 0 Å². The average molecular weight is 238 g/mol. The Morgan fingerprint density at radius 2 is 2.20 bits per heavy atom. The van der Waals surface area contributed by atoms with E-state index in [4.69, 9.17) is 0 Å². The van der Waals surface area contributed by atoms with Crippen molar-refractivity contribution in [3.05, 3.63) is 29.1 Å². The van der Waals surface area contributed by atoms with Crippen LogP contribution in [0, 0.1) is 0 Å². The van der Waals surface area contributed by atoms with Crippen LogP contribution in [0.5, 0.6) is 5.75 Å². The second kappa shape index (κ2) is 4.45. The monoisotopic (exact) mass is 238 g/mol. The maximum absolute atomic E-state index is 9.45. The van der Waals surface area contributed by atoms with E-state index in [0.717, 1.165) is 5.75 Å². The van der Waals surface area contributed by atoms with Gasteiger partial charge in [-0.1, -0.05) is 13.8 Å². The molecule has 0 aliphatic rings. The molecular formula is C12H14OS2. The molecule has 80 valence electrons. The van der Waals surface area contributed by atoms with Crippen LogP contribution in [0.4, 0.5) is 0 Å². The number of phenols is 1. The lowest BCUT2D eigenvalue weighted by Crippen LogP contribution is -1.87. The molecule has 0 aliphatic carbocycles. The maximum atomic E-state index is 9.45. The number of fused-ring (bicyclic) bond motifs is 1. The Morgan fingerprint density at radius 1 is 1.40 bits per heavy atom. The van der Waals surface area contributed by atoms with Gasteiger partial charge in [-0.15, -0.1) is 11.3 Å². The molecule has 1 aromatic carbocycles. The van der Waals surface area contributed by atoms with Gasteiger partial charge >= 0.3 is 0 Å². The van der Waals surface area contributed by atoms with Gasteiger partial charge in [-0.25, -0.2) is 0 Å². The summed E-state index contributed by atoms with van der Waals surface area (Å²) in [5.41, 5.74) is 1.34. The van der Waals surface area contributed by atoms with Crippen LogP contribution in [0.25, 0.3) is 10.1 Å². The molecule has 2 rings (SSSR count). The summed E-state index contributed by atoms with van der Waals surface area (Å²) in [6, 6.07) is 5.60. The van der Waals surface area contributed by atoms with Crippen LogP contribution >= 0.6 is 23.1 Å². The summed E-state index contributed by atoms with van der Waals surface area (Å²) in [6.07, 6.45) is 0. The SMILES string of the molecule is CC(C)SCc1csc2ccc(O)cc12. The highest BCUT2D eigenvalue weighted by Crippen LogP contribution is 2.32. The molecule has 0 saturated carbocycles. The quantitative estimate of drug-likeness (QED) is 0.862. The number of benzene rings is 1. The van der Waals surface area contributed by atoms with Gasteiger partial charge in [-0.05, 0) is 34.4 Å². The van der Waals surface area contributed by atoms with Crippen molar-refractivity contribution in [1.82, 2.24) is 0 Å². The fourth-order valence-corrected chi connectivity index (χ4v) is 3.24. The molecular weight excluding hydrogens is 224 g/mol. The zero-order valence-electron chi connectivity index (χ0n) is 8.86. The van der Waals surface area contributed by atoms with Crippen molar-refractivity contribution in [2.75, 3.05) is 0 Å². The summed E-state index contributed by atoms with van der Waals surface area (Å²) in [4.78, 5) is 0. The first-order chi connectivity index (χ1) is 7.16. The fraction of sp³-hybridized carbons (Fsp3) is 0.333. The van der Waals surface area contributed by atoms with E-state index < -0.39 is 0 Å². The highest BCUT2D eigenvalue weighted by molar-refractivity contribution is 7.99. The summed E-state index contributed by atoms with van der Waals surface area (Å²) in [6.45, 7) is 4.41. The second-order valence-corrected chi connectivity index (χ2v) is 6.28. The molecule has 15 heavy (non-hydrogen) atoms. The first kappa shape index (κ1) is 10.8. The lowest BCUT2D eigenvalue weighted by Gasteiger charge is -2.03. The molecule has 0 radical (unpaired) electrons. The highest BCUT2D eigenvalue weighted by Gasteiger charge is 2.05. The van der Waals surface area contributed by atoms with E-state index in [0.29, 0.717) is 11.0 Å². The number of hydrogen-bond donors (Lipinski definition) is 1. The second-order valence-electron chi connectivity index (χ2n) is 3.80. The molecule has 1 aromatic heterocycles. The molecule has 0 amide bonds. The summed E-state index contributed by atoms with van der Waals surface area (Å²) in [7, 11) is 0. The first-order valence-corrected chi connectivity index (χ1v) is 6.90. The number of aromatic hydroxyl groups is 1. The van der Waals surface area contributed by atoms with Crippen molar-refractivity contribution in [1.29, 1.82) is 0 Å². The van der Waals surface area contributed by atoms with E-state index in [9.17, 15) is 5.11 Å². The van der Waals surface area contributed by atoms with Crippen molar-refractivity contribution in [3.8, 4) is 5.75 Å². The normalized spacial score (nSPS) is 11.4. The minimum Gasteiger partial charge on any atom is -0.508 e. The van der Waals surface area contributed by atoms with Gasteiger partial charge in [0.1, 0.15) is 5.75 Å². The van der Waals surface area contributed by atoms with Crippen molar-refractivity contribution >= 4 is 33.2 Å². The van der Waals surface area contributed by atoms with E-state index in [2.05, 4.69) is 19.2 Å². The molecule has 0 bridgehead atoms. The van der Waals surface area contributed by atoms with E-state index in [-0.39, 0.29) is 0 Å². The third-order valence-corrected chi connectivity index (χ3v) is 4.37. The van der Waals surface area contributed by atoms with Crippen LogP contribution in [0.1, 0.15) is 19.4 Å². The minimum absolute atomic E-state index is 0.358. The van der Waals surface area contributed by atoms with Crippen molar-refractivity contribution in [2.24, 2.45) is 0 Å². The van der Waals surface area contributed by atoms with E-state index in [1.54, 1.807) is 17.4 Å². The molecule has 0 saturated heterocycles. The topological polar surface area (TPSA) is 20.2 Å². The van der Waals surface area contributed by atoms with Crippen molar-refractivity contribution in [3.63, 3.8) is 0 Å². The number of hydrogen-bond acceptors (Lipinski definition) is 3. The predicted octanol–water partition coefficient (Wildman–Crippen LogP) is 4.25. The van der Waals surface area contributed by atoms with Crippen molar-refractivity contribution in [2.45, 2.75) is 24.9 Å². The Kier molecular flexibility index (Phi) is 3.22. The highest BCUT2D eigenvalue weighted by atomic mass is 32.2. The summed E-state index contributed by atoms with van der Waals surface area (Å²) >= 11 is 3.68. The van der Waals surface area contributed by atoms with Gasteiger partial charge in [0.2, 0.25) is 0 Å². The van der Waals surface area contributed by atoms with Gasteiger partial charge < -0.3 is 5.11 Å². The van der Waals surface area contributed by atoms with Crippen molar-refractivity contribution < 1.29 is 5.11 Å². The molecule has 1 nitrogen and oxygen atoms in total. The molecule has 0 spiro atoms. The Morgan fingerprint density at radius 3 is 2.93 bits per heavy atom. The summed E-state index contributed by atoms with van der Waals surface area (Å²) in [5.74, 6) is 1.39. The Hall–Kier alpha value is -0.670. The lowest BCUT2D eigenvalue weighted by molar-refractivity contribution is 0.476. The van der Waals surface area contributed by atoms with Gasteiger partial charge in [0.15, 0.2) is 0 Å². The first-order valence-electron chi connectivity index (χ1n) is 4.97. The molecule has 1 N–H and O–H groups in total. The van der Waals surface area contributed by atoms with Gasteiger partial charge in [0, 0.05) is 15.8 Å². The van der Waals surface area contributed by atoms with Gasteiger partial charge in [-0.3, -0.25) is 0 Å². The van der Waals surface area contributed by atoms with Gasteiger partial charge in [-0.2, -0.15) is 11.8 Å². The van der Waals surface area contributed by atoms with Crippen LogP contribution in [-0.2, 0) is 5.75 Å². The largest absolute Gasteiger partial charge is 0.508 e. The fourth-order valence-electron chi connectivity index (χ4n) is 1.44. The maximum Gasteiger partial charge on any atom is 0.116 e. The van der Waals surface area contributed by atoms with E-state index in [1.807, 2.05) is 23.9 Å². The van der Waals surface area contributed by atoms with Gasteiger partial charge in [0.25, 0.3) is 0 Å². The number of thioether (sulfide) groups is 1. The molecule has 0 aliphatic heterocycles. The zero-order chi connectivity index (χ0) is 10.8. The van der Waals surface area contributed by atoms with Crippen LogP contribution in [0.3, 0.4) is 0 Å². The smallest absolute Gasteiger partial charge is 0.116 e. The minimum atomic E-state index is 0.358. The Bertz CT molecular complexity index is 460. The Labute approximate surface area is 98.1 Å². The van der Waals surface area contributed by atoms with Gasteiger partial charge in [0.05, 0.1) is 0 Å². The van der Waals surface area contributed by atoms with Crippen LogP contribution in [0.15, 0.2) is 23.6 Å². The average Bonchev–Trinajstić information content (AvgIpc) is 2.57. The van der Waals surface area contributed by atoms with Crippen LogP contribution in [-0.4, -0.2) is 10.4 Å². The Balaban J connectivity index is 2.31. The zero-order valence-corrected chi connectivity index (χ0v) is 10.5. The number of thiophene rings is 1. The third kappa shape index (κ3) is 2.47. The molecule has 1 heterocycles. The summed E-state index contributed by atoms with van der Waals surface area (Å²) < 4.78 is 1.26. The van der Waals surface area contributed by atoms with E-state index in [1.165, 1.54) is 15.6 Å². The van der Waals surface area contributed by atoms with Crippen LogP contribution < -0.4 is 0 Å². The number of phenolic OH excluding ortho intramolecular Hbond substituents is 1. The predicted molar refractivity (Wildman–Crippen MR) is 69.9 cm³/mol. The standard InChI is InChI=1S/C12H14OS2/c1-8(2)14-6-9-7-15-12-4-3-10(13)5-11(9)12/h3-5,7-8,13H,6H2,1-2H3. The molecule has 0 atom stereocenters. The molecule has 3 heteroatoms. The third-order valence-electron chi connectivity index (χ3n) is 2.21. The molecule has 2 aromatic rings. The van der Waals surface area contributed by atoms with E-state index >= 15 is 0 Å². The lowest BCUT2D eigenvalue weighted by atomic mass is 10.2. The molecule has 0 unspecified atom stereocenters. The number of rotatable bonds is 3. The summed E-state index contributed by atoms with van der Waals surface area (Å²) in [5, 5.41) is 13.5. The molecule has 0 fully saturated rings.